The van der Waals surface area contributed by atoms with E-state index in [-0.39, 0.29) is 11.2 Å². The van der Waals surface area contributed by atoms with Gasteiger partial charge in [-0.25, -0.2) is 4.68 Å². The van der Waals surface area contributed by atoms with Crippen molar-refractivity contribution in [3.8, 4) is 5.69 Å². The van der Waals surface area contributed by atoms with Gasteiger partial charge in [0, 0.05) is 23.2 Å². The summed E-state index contributed by atoms with van der Waals surface area (Å²) >= 11 is 0. The molecule has 1 N–H and O–H groups in total. The van der Waals surface area contributed by atoms with Gasteiger partial charge in [-0.1, -0.05) is 6.07 Å². The Morgan fingerprint density at radius 1 is 1.13 bits per heavy atom. The number of benzene rings is 1. The summed E-state index contributed by atoms with van der Waals surface area (Å²) < 4.78 is 14.2. The normalized spacial score (nSPS) is 19.6. The fourth-order valence-electron chi connectivity index (χ4n) is 2.82. The van der Waals surface area contributed by atoms with Crippen LogP contribution in [0.3, 0.4) is 0 Å². The lowest BCUT2D eigenvalue weighted by atomic mass is 9.77. The average molecular weight is 310 g/mol. The van der Waals surface area contributed by atoms with Gasteiger partial charge in [-0.2, -0.15) is 10.2 Å². The summed E-state index contributed by atoms with van der Waals surface area (Å²) in [6.07, 6.45) is 5.48. The molecule has 1 aromatic carbocycles. The van der Waals surface area contributed by atoms with Crippen molar-refractivity contribution < 1.29 is 9.31 Å². The van der Waals surface area contributed by atoms with Crippen LogP contribution in [0.2, 0.25) is 0 Å². The first-order valence-electron chi connectivity index (χ1n) is 7.71. The Kier molecular flexibility index (Phi) is 2.95. The van der Waals surface area contributed by atoms with Gasteiger partial charge < -0.3 is 9.31 Å². The number of H-pyrrole nitrogens is 1. The van der Waals surface area contributed by atoms with E-state index >= 15 is 0 Å². The number of rotatable bonds is 2. The van der Waals surface area contributed by atoms with Gasteiger partial charge in [-0.15, -0.1) is 0 Å². The minimum atomic E-state index is -0.422. The standard InChI is InChI=1S/C16H19BN4O2/c1-15(2)16(3,4)23-17(22-15)12-6-7-13(21-9-5-8-19-21)11-10-18-20-14(11)12/h5-10H,1-4H3,(H,18,20). The lowest BCUT2D eigenvalue weighted by molar-refractivity contribution is 0.00578. The van der Waals surface area contributed by atoms with Gasteiger partial charge >= 0.3 is 7.12 Å². The molecule has 0 amide bonds. The molecule has 1 aliphatic heterocycles. The summed E-state index contributed by atoms with van der Waals surface area (Å²) in [5.74, 6) is 0. The number of nitrogens with one attached hydrogen (secondary N) is 1. The fraction of sp³-hybridized carbons (Fsp3) is 0.375. The van der Waals surface area contributed by atoms with E-state index in [9.17, 15) is 0 Å². The first-order valence-corrected chi connectivity index (χ1v) is 7.71. The Morgan fingerprint density at radius 2 is 1.87 bits per heavy atom. The van der Waals surface area contributed by atoms with Crippen LogP contribution >= 0.6 is 0 Å². The zero-order chi connectivity index (χ0) is 16.2. The molecule has 6 nitrogen and oxygen atoms in total. The molecule has 0 aliphatic carbocycles. The quantitative estimate of drug-likeness (QED) is 0.736. The predicted molar refractivity (Wildman–Crippen MR) is 88.9 cm³/mol. The van der Waals surface area contributed by atoms with Crippen molar-refractivity contribution in [2.75, 3.05) is 0 Å². The van der Waals surface area contributed by atoms with Crippen molar-refractivity contribution in [3.05, 3.63) is 36.8 Å². The Morgan fingerprint density at radius 3 is 2.52 bits per heavy atom. The first kappa shape index (κ1) is 14.5. The van der Waals surface area contributed by atoms with Crippen molar-refractivity contribution >= 4 is 23.5 Å². The molecule has 3 aromatic rings. The molecule has 1 saturated heterocycles. The van der Waals surface area contributed by atoms with Crippen LogP contribution in [0.1, 0.15) is 27.7 Å². The molecule has 0 unspecified atom stereocenters. The second-order valence-electron chi connectivity index (χ2n) is 6.87. The maximum absolute atomic E-state index is 6.17. The molecule has 0 bridgehead atoms. The number of aromatic amines is 1. The summed E-state index contributed by atoms with van der Waals surface area (Å²) in [7, 11) is -0.422. The van der Waals surface area contributed by atoms with Crippen LogP contribution in [0.15, 0.2) is 36.8 Å². The molecule has 3 heterocycles. The van der Waals surface area contributed by atoms with E-state index in [1.54, 1.807) is 12.4 Å². The highest BCUT2D eigenvalue weighted by molar-refractivity contribution is 6.65. The monoisotopic (exact) mass is 310 g/mol. The summed E-state index contributed by atoms with van der Waals surface area (Å²) in [6, 6.07) is 5.93. The number of aromatic nitrogens is 4. The number of nitrogens with zero attached hydrogens (tertiary/aromatic N) is 3. The van der Waals surface area contributed by atoms with Gasteiger partial charge in [0.2, 0.25) is 0 Å². The summed E-state index contributed by atoms with van der Waals surface area (Å²) in [5.41, 5.74) is 2.09. The minimum Gasteiger partial charge on any atom is -0.399 e. The SMILES string of the molecule is CC1(C)OB(c2ccc(-n3cccn3)c3cn[nH]c23)OC1(C)C. The van der Waals surface area contributed by atoms with Gasteiger partial charge in [0.1, 0.15) is 0 Å². The van der Waals surface area contributed by atoms with E-state index in [4.69, 9.17) is 9.31 Å². The molecule has 0 radical (unpaired) electrons. The molecule has 2 aromatic heterocycles. The zero-order valence-electron chi connectivity index (χ0n) is 13.7. The second kappa shape index (κ2) is 4.69. The van der Waals surface area contributed by atoms with Crippen LogP contribution < -0.4 is 5.46 Å². The minimum absolute atomic E-state index is 0.370. The molecular formula is C16H19BN4O2. The third-order valence-electron chi connectivity index (χ3n) is 4.88. The molecule has 4 rings (SSSR count). The lowest BCUT2D eigenvalue weighted by Crippen LogP contribution is -2.41. The molecule has 0 spiro atoms. The van der Waals surface area contributed by atoms with E-state index in [0.717, 1.165) is 22.1 Å². The van der Waals surface area contributed by atoms with Gasteiger partial charge in [0.05, 0.1) is 28.6 Å². The van der Waals surface area contributed by atoms with Gasteiger partial charge in [0.15, 0.2) is 0 Å². The zero-order valence-corrected chi connectivity index (χ0v) is 13.7. The molecule has 7 heteroatoms. The number of fused-ring (bicyclic) bond motifs is 1. The van der Waals surface area contributed by atoms with Crippen molar-refractivity contribution in [2.45, 2.75) is 38.9 Å². The van der Waals surface area contributed by atoms with Crippen molar-refractivity contribution in [1.82, 2.24) is 20.0 Å². The van der Waals surface area contributed by atoms with Gasteiger partial charge in [-0.3, -0.25) is 5.10 Å². The van der Waals surface area contributed by atoms with Gasteiger partial charge in [-0.05, 0) is 39.8 Å². The van der Waals surface area contributed by atoms with Crippen LogP contribution in [0.4, 0.5) is 0 Å². The Labute approximate surface area is 134 Å². The highest BCUT2D eigenvalue weighted by Gasteiger charge is 2.52. The fourth-order valence-corrected chi connectivity index (χ4v) is 2.82. The predicted octanol–water partition coefficient (Wildman–Crippen LogP) is 2.05. The molecule has 1 fully saturated rings. The van der Waals surface area contributed by atoms with E-state index in [1.165, 1.54) is 0 Å². The number of hydrogen-bond acceptors (Lipinski definition) is 4. The van der Waals surface area contributed by atoms with E-state index in [1.807, 2.05) is 29.1 Å². The van der Waals surface area contributed by atoms with Crippen LogP contribution in [0, 0.1) is 0 Å². The molecule has 0 saturated carbocycles. The Balaban J connectivity index is 1.82. The topological polar surface area (TPSA) is 65.0 Å². The maximum atomic E-state index is 6.17. The van der Waals surface area contributed by atoms with Gasteiger partial charge in [0.25, 0.3) is 0 Å². The third-order valence-corrected chi connectivity index (χ3v) is 4.88. The number of hydrogen-bond donors (Lipinski definition) is 1. The third kappa shape index (κ3) is 2.11. The molecule has 23 heavy (non-hydrogen) atoms. The molecule has 118 valence electrons. The maximum Gasteiger partial charge on any atom is 0.497 e. The smallest absolute Gasteiger partial charge is 0.399 e. The molecule has 0 atom stereocenters. The van der Waals surface area contributed by atoms with Crippen LogP contribution in [0.25, 0.3) is 16.6 Å². The van der Waals surface area contributed by atoms with Crippen LogP contribution in [-0.4, -0.2) is 38.3 Å². The van der Waals surface area contributed by atoms with E-state index in [0.29, 0.717) is 0 Å². The van der Waals surface area contributed by atoms with E-state index < -0.39 is 7.12 Å². The molecular weight excluding hydrogens is 291 g/mol. The van der Waals surface area contributed by atoms with Crippen molar-refractivity contribution in [3.63, 3.8) is 0 Å². The van der Waals surface area contributed by atoms with Crippen molar-refractivity contribution in [1.29, 1.82) is 0 Å². The van der Waals surface area contributed by atoms with Crippen LogP contribution in [0.5, 0.6) is 0 Å². The van der Waals surface area contributed by atoms with Crippen molar-refractivity contribution in [2.24, 2.45) is 0 Å². The average Bonchev–Trinajstić information content (AvgIpc) is 3.19. The highest BCUT2D eigenvalue weighted by atomic mass is 16.7. The first-order chi connectivity index (χ1) is 10.9. The lowest BCUT2D eigenvalue weighted by Gasteiger charge is -2.32. The summed E-state index contributed by atoms with van der Waals surface area (Å²) in [4.78, 5) is 0. The largest absolute Gasteiger partial charge is 0.497 e. The Bertz CT molecular complexity index is 838. The molecule has 1 aliphatic rings. The Hall–Kier alpha value is -2.12. The van der Waals surface area contributed by atoms with E-state index in [2.05, 4.69) is 43.0 Å². The second-order valence-corrected chi connectivity index (χ2v) is 6.87. The summed E-state index contributed by atoms with van der Waals surface area (Å²) in [6.45, 7) is 8.20. The highest BCUT2D eigenvalue weighted by Crippen LogP contribution is 2.37. The van der Waals surface area contributed by atoms with Crippen LogP contribution in [-0.2, 0) is 9.31 Å². The summed E-state index contributed by atoms with van der Waals surface area (Å²) in [5, 5.41) is 12.6.